The van der Waals surface area contributed by atoms with Gasteiger partial charge in [-0.25, -0.2) is 13.6 Å². The van der Waals surface area contributed by atoms with Crippen molar-refractivity contribution >= 4 is 10.0 Å². The van der Waals surface area contributed by atoms with Gasteiger partial charge >= 0.3 is 6.61 Å². The molecule has 0 saturated carbocycles. The molecule has 0 amide bonds. The molecule has 2 aromatic carbocycles. The molecule has 146 valence electrons. The van der Waals surface area contributed by atoms with E-state index >= 15 is 0 Å². The second kappa shape index (κ2) is 8.33. The third kappa shape index (κ3) is 5.03. The molecule has 0 heterocycles. The van der Waals surface area contributed by atoms with E-state index < -0.39 is 16.6 Å². The molecule has 0 radical (unpaired) electrons. The van der Waals surface area contributed by atoms with Gasteiger partial charge in [0.05, 0.1) is 4.90 Å². The quantitative estimate of drug-likeness (QED) is 0.753. The van der Waals surface area contributed by atoms with Crippen LogP contribution in [0, 0.1) is 0 Å². The van der Waals surface area contributed by atoms with Gasteiger partial charge in [-0.2, -0.15) is 8.78 Å². The average molecular weight is 396 g/mol. The van der Waals surface area contributed by atoms with Gasteiger partial charge in [0.25, 0.3) is 0 Å². The highest BCUT2D eigenvalue weighted by atomic mass is 32.2. The van der Waals surface area contributed by atoms with Crippen molar-refractivity contribution in [3.05, 3.63) is 59.2 Å². The van der Waals surface area contributed by atoms with Crippen LogP contribution < -0.4 is 15.2 Å². The number of benzene rings is 2. The molecule has 0 bridgehead atoms. The van der Waals surface area contributed by atoms with Crippen LogP contribution in [0.3, 0.4) is 0 Å². The third-order valence-electron chi connectivity index (χ3n) is 4.73. The Morgan fingerprint density at radius 1 is 1.22 bits per heavy atom. The van der Waals surface area contributed by atoms with E-state index in [2.05, 4.69) is 10.1 Å². The van der Waals surface area contributed by atoms with Crippen LogP contribution >= 0.6 is 0 Å². The van der Waals surface area contributed by atoms with Crippen molar-refractivity contribution in [3.8, 4) is 5.75 Å². The zero-order chi connectivity index (χ0) is 19.4. The van der Waals surface area contributed by atoms with E-state index in [-0.39, 0.29) is 16.7 Å². The summed E-state index contributed by atoms with van der Waals surface area (Å²) in [6.07, 6.45) is 3.27. The minimum atomic E-state index is -3.76. The number of para-hydroxylation sites is 1. The first-order chi connectivity index (χ1) is 12.8. The molecule has 1 aliphatic rings. The predicted molar refractivity (Wildman–Crippen MR) is 98.3 cm³/mol. The molecule has 27 heavy (non-hydrogen) atoms. The number of alkyl halides is 2. The number of fused-ring (bicyclic) bond motifs is 1. The number of rotatable bonds is 7. The van der Waals surface area contributed by atoms with Crippen molar-refractivity contribution in [3.63, 3.8) is 0 Å². The molecule has 3 rings (SSSR count). The van der Waals surface area contributed by atoms with Crippen LogP contribution in [0.15, 0.2) is 47.4 Å². The SMILES string of the molecule is NS(=O)(=O)c1ccc2c(c1)C(NCCc1ccccc1OC(F)F)CCC2. The molecular formula is C19H22F2N2O3S. The fraction of sp³-hybridized carbons (Fsp3) is 0.368. The fourth-order valence-electron chi connectivity index (χ4n) is 3.47. The van der Waals surface area contributed by atoms with Crippen molar-refractivity contribution in [2.24, 2.45) is 5.14 Å². The Hall–Kier alpha value is -2.03. The molecule has 0 aromatic heterocycles. The summed E-state index contributed by atoms with van der Waals surface area (Å²) in [7, 11) is -3.76. The van der Waals surface area contributed by atoms with Crippen LogP contribution in [0.5, 0.6) is 5.75 Å². The Bertz CT molecular complexity index is 904. The lowest BCUT2D eigenvalue weighted by Gasteiger charge is -2.27. The van der Waals surface area contributed by atoms with Gasteiger partial charge in [-0.1, -0.05) is 24.3 Å². The monoisotopic (exact) mass is 396 g/mol. The smallest absolute Gasteiger partial charge is 0.387 e. The molecule has 2 aromatic rings. The van der Waals surface area contributed by atoms with Gasteiger partial charge < -0.3 is 10.1 Å². The lowest BCUT2D eigenvalue weighted by atomic mass is 9.87. The van der Waals surface area contributed by atoms with Gasteiger partial charge in [-0.3, -0.25) is 0 Å². The maximum Gasteiger partial charge on any atom is 0.387 e. The van der Waals surface area contributed by atoms with E-state index in [0.717, 1.165) is 30.4 Å². The highest BCUT2D eigenvalue weighted by Crippen LogP contribution is 2.31. The maximum atomic E-state index is 12.5. The fourth-order valence-corrected chi connectivity index (χ4v) is 4.02. The summed E-state index contributed by atoms with van der Waals surface area (Å²) in [4.78, 5) is 0.102. The molecule has 1 unspecified atom stereocenters. The highest BCUT2D eigenvalue weighted by Gasteiger charge is 2.22. The van der Waals surface area contributed by atoms with Crippen LogP contribution in [0.25, 0.3) is 0 Å². The van der Waals surface area contributed by atoms with E-state index in [1.807, 2.05) is 6.07 Å². The van der Waals surface area contributed by atoms with Gasteiger partial charge in [-0.05, 0) is 67.1 Å². The zero-order valence-corrected chi connectivity index (χ0v) is 15.5. The lowest BCUT2D eigenvalue weighted by molar-refractivity contribution is -0.0504. The summed E-state index contributed by atoms with van der Waals surface area (Å²) in [5, 5.41) is 8.65. The Balaban J connectivity index is 1.70. The van der Waals surface area contributed by atoms with Crippen molar-refractivity contribution < 1.29 is 21.9 Å². The van der Waals surface area contributed by atoms with E-state index in [1.165, 1.54) is 12.1 Å². The molecule has 0 aliphatic heterocycles. The van der Waals surface area contributed by atoms with Crippen LogP contribution in [0.4, 0.5) is 8.78 Å². The molecule has 8 heteroatoms. The Morgan fingerprint density at radius 2 is 2.00 bits per heavy atom. The number of sulfonamides is 1. The van der Waals surface area contributed by atoms with E-state index in [9.17, 15) is 17.2 Å². The molecule has 0 spiro atoms. The Kier molecular flexibility index (Phi) is 6.08. The van der Waals surface area contributed by atoms with Crippen LogP contribution in [-0.4, -0.2) is 21.6 Å². The van der Waals surface area contributed by atoms with E-state index in [1.54, 1.807) is 24.3 Å². The van der Waals surface area contributed by atoms with E-state index in [4.69, 9.17) is 5.14 Å². The number of hydrogen-bond donors (Lipinski definition) is 2. The largest absolute Gasteiger partial charge is 0.435 e. The number of nitrogens with one attached hydrogen (secondary N) is 1. The normalized spacial score (nSPS) is 17.0. The minimum Gasteiger partial charge on any atom is -0.435 e. The van der Waals surface area contributed by atoms with Crippen molar-refractivity contribution in [1.82, 2.24) is 5.32 Å². The Morgan fingerprint density at radius 3 is 2.74 bits per heavy atom. The first kappa shape index (κ1) is 19.7. The van der Waals surface area contributed by atoms with Crippen molar-refractivity contribution in [2.45, 2.75) is 43.2 Å². The molecule has 1 aliphatic carbocycles. The van der Waals surface area contributed by atoms with Gasteiger partial charge in [-0.15, -0.1) is 0 Å². The molecule has 5 nitrogen and oxygen atoms in total. The molecular weight excluding hydrogens is 374 g/mol. The molecule has 1 atom stereocenters. The van der Waals surface area contributed by atoms with Crippen LogP contribution in [-0.2, 0) is 22.9 Å². The number of primary sulfonamides is 1. The van der Waals surface area contributed by atoms with Gasteiger partial charge in [0.1, 0.15) is 5.75 Å². The third-order valence-corrected chi connectivity index (χ3v) is 5.64. The Labute approximate surface area is 157 Å². The summed E-state index contributed by atoms with van der Waals surface area (Å²) < 4.78 is 52.9. The predicted octanol–water partition coefficient (Wildman–Crippen LogP) is 3.15. The summed E-state index contributed by atoms with van der Waals surface area (Å²) in [5.41, 5.74) is 2.73. The number of aryl methyl sites for hydroxylation is 1. The molecule has 0 fully saturated rings. The number of ether oxygens (including phenoxy) is 1. The first-order valence-electron chi connectivity index (χ1n) is 8.76. The van der Waals surface area contributed by atoms with E-state index in [0.29, 0.717) is 18.5 Å². The summed E-state index contributed by atoms with van der Waals surface area (Å²) in [6, 6.07) is 11.7. The van der Waals surface area contributed by atoms with Crippen LogP contribution in [0.2, 0.25) is 0 Å². The first-order valence-corrected chi connectivity index (χ1v) is 10.3. The standard InChI is InChI=1S/C19H22F2N2O3S/c20-19(21)26-18-7-2-1-4-14(18)10-11-23-17-6-3-5-13-8-9-15(12-16(13)17)27(22,24)25/h1-2,4,7-9,12,17,19,23H,3,5-6,10-11H2,(H2,22,24,25). The van der Waals surface area contributed by atoms with Gasteiger partial charge in [0.2, 0.25) is 10.0 Å². The van der Waals surface area contributed by atoms with Crippen molar-refractivity contribution in [1.29, 1.82) is 0 Å². The maximum absolute atomic E-state index is 12.5. The highest BCUT2D eigenvalue weighted by molar-refractivity contribution is 7.89. The van der Waals surface area contributed by atoms with Gasteiger partial charge in [0.15, 0.2) is 0 Å². The van der Waals surface area contributed by atoms with Crippen LogP contribution in [0.1, 0.15) is 35.6 Å². The second-order valence-corrected chi connectivity index (χ2v) is 8.10. The lowest BCUT2D eigenvalue weighted by Crippen LogP contribution is -2.27. The second-order valence-electron chi connectivity index (χ2n) is 6.54. The molecule has 3 N–H and O–H groups in total. The minimum absolute atomic E-state index is 0.00127. The number of hydrogen-bond acceptors (Lipinski definition) is 4. The topological polar surface area (TPSA) is 81.4 Å². The number of nitrogens with two attached hydrogens (primary N) is 1. The van der Waals surface area contributed by atoms with Gasteiger partial charge in [0, 0.05) is 6.04 Å². The summed E-state index contributed by atoms with van der Waals surface area (Å²) >= 11 is 0. The molecule has 0 saturated heterocycles. The number of halogens is 2. The average Bonchev–Trinajstić information content (AvgIpc) is 2.61. The summed E-state index contributed by atoms with van der Waals surface area (Å²) in [5.74, 6) is 0.176. The summed E-state index contributed by atoms with van der Waals surface area (Å²) in [6.45, 7) is -2.31. The zero-order valence-electron chi connectivity index (χ0n) is 14.7. The van der Waals surface area contributed by atoms with Crippen molar-refractivity contribution in [2.75, 3.05) is 6.54 Å².